The van der Waals surface area contributed by atoms with Crippen molar-refractivity contribution in [1.82, 2.24) is 4.90 Å². The summed E-state index contributed by atoms with van der Waals surface area (Å²) < 4.78 is 17.4. The molecule has 2 aliphatic heterocycles. The quantitative estimate of drug-likeness (QED) is 0.0576. The van der Waals surface area contributed by atoms with Gasteiger partial charge >= 0.3 is 17.9 Å². The molecule has 2 fully saturated rings. The lowest BCUT2D eigenvalue weighted by molar-refractivity contribution is -0.149. The van der Waals surface area contributed by atoms with Gasteiger partial charge in [-0.05, 0) is 107 Å². The van der Waals surface area contributed by atoms with Crippen molar-refractivity contribution >= 4 is 17.9 Å². The predicted molar refractivity (Wildman–Crippen MR) is 218 cm³/mol. The molecule has 53 heavy (non-hydrogen) atoms. The van der Waals surface area contributed by atoms with Crippen LogP contribution in [0.5, 0.6) is 0 Å². The van der Waals surface area contributed by atoms with E-state index in [-0.39, 0.29) is 35.7 Å². The first-order valence-electron chi connectivity index (χ1n) is 22.3. The van der Waals surface area contributed by atoms with E-state index < -0.39 is 0 Å². The van der Waals surface area contributed by atoms with Crippen molar-refractivity contribution in [2.75, 3.05) is 39.5 Å². The summed E-state index contributed by atoms with van der Waals surface area (Å²) in [7, 11) is 0. The van der Waals surface area contributed by atoms with Gasteiger partial charge in [0.1, 0.15) is 0 Å². The lowest BCUT2D eigenvalue weighted by Crippen LogP contribution is -2.23. The van der Waals surface area contributed by atoms with E-state index in [4.69, 9.17) is 14.2 Å². The standard InChI is InChI=1S/C46H79NO6/c1-4-7-16-25-40-32-38-51-44(48)30-20-14-10-12-18-27-42(46(50)53-37-24-36-47-34-22-23-35-47)28-19-13-11-15-21-31-45(49)52-39-33-41(26-17-8-5-2)43(40)29-9-6-3/h6,9,40-42H,3-5,7-8,10-28,30-39H2,1-2H3. The second kappa shape index (κ2) is 31.9. The van der Waals surface area contributed by atoms with E-state index in [0.717, 1.165) is 141 Å². The zero-order valence-corrected chi connectivity index (χ0v) is 34.3. The maximum Gasteiger partial charge on any atom is 0.308 e. The molecule has 2 aliphatic rings. The fourth-order valence-corrected chi connectivity index (χ4v) is 8.04. The first-order valence-corrected chi connectivity index (χ1v) is 22.3. The third-order valence-electron chi connectivity index (χ3n) is 11.3. The fourth-order valence-electron chi connectivity index (χ4n) is 8.04. The van der Waals surface area contributed by atoms with E-state index in [0.29, 0.717) is 32.7 Å². The van der Waals surface area contributed by atoms with Crippen LogP contribution in [-0.4, -0.2) is 62.3 Å². The Kier molecular flexibility index (Phi) is 28.2. The summed E-state index contributed by atoms with van der Waals surface area (Å²) in [5, 5.41) is 0. The molecule has 0 aromatic rings. The molecular weight excluding hydrogens is 663 g/mol. The Balaban J connectivity index is 2.02. The highest BCUT2D eigenvalue weighted by molar-refractivity contribution is 5.72. The molecular formula is C46H79NO6. The average molecular weight is 742 g/mol. The number of nitrogens with zero attached hydrogens (tertiary/aromatic N) is 1. The molecule has 0 radical (unpaired) electrons. The average Bonchev–Trinajstić information content (AvgIpc) is 3.68. The highest BCUT2D eigenvalue weighted by atomic mass is 16.5. The minimum Gasteiger partial charge on any atom is -0.466 e. The Hall–Kier alpha value is -2.37. The number of ether oxygens (including phenoxy) is 3. The van der Waals surface area contributed by atoms with Crippen LogP contribution in [0.15, 0.2) is 30.0 Å². The number of likely N-dealkylation sites (tertiary alicyclic amines) is 1. The van der Waals surface area contributed by atoms with Gasteiger partial charge in [-0.15, -0.1) is 5.73 Å². The van der Waals surface area contributed by atoms with Crippen LogP contribution in [0, 0.1) is 17.8 Å². The zero-order chi connectivity index (χ0) is 38.2. The summed E-state index contributed by atoms with van der Waals surface area (Å²) >= 11 is 0. The minimum absolute atomic E-state index is 0.0235. The molecule has 2 atom stereocenters. The van der Waals surface area contributed by atoms with Gasteiger partial charge in [-0.1, -0.05) is 116 Å². The highest BCUT2D eigenvalue weighted by Crippen LogP contribution is 2.33. The van der Waals surface area contributed by atoms with E-state index >= 15 is 0 Å². The van der Waals surface area contributed by atoms with Gasteiger partial charge < -0.3 is 19.1 Å². The Labute approximate surface area is 325 Å². The van der Waals surface area contributed by atoms with E-state index in [1.54, 1.807) is 6.08 Å². The monoisotopic (exact) mass is 742 g/mol. The van der Waals surface area contributed by atoms with Crippen molar-refractivity contribution < 1.29 is 28.6 Å². The molecule has 0 aromatic carbocycles. The lowest BCUT2D eigenvalue weighted by Gasteiger charge is -2.27. The topological polar surface area (TPSA) is 82.1 Å². The molecule has 304 valence electrons. The van der Waals surface area contributed by atoms with Gasteiger partial charge in [0.05, 0.1) is 25.7 Å². The molecule has 0 N–H and O–H groups in total. The van der Waals surface area contributed by atoms with Crippen LogP contribution < -0.4 is 0 Å². The molecule has 2 unspecified atom stereocenters. The summed E-state index contributed by atoms with van der Waals surface area (Å²) in [5.41, 5.74) is 4.89. The molecule has 0 aromatic heterocycles. The van der Waals surface area contributed by atoms with Crippen LogP contribution in [0.2, 0.25) is 0 Å². The number of unbranched alkanes of at least 4 members (excludes halogenated alkanes) is 4. The van der Waals surface area contributed by atoms with Crippen molar-refractivity contribution in [2.24, 2.45) is 17.8 Å². The van der Waals surface area contributed by atoms with Crippen molar-refractivity contribution in [1.29, 1.82) is 0 Å². The fraction of sp³-hybridized carbons (Fsp3) is 0.826. The van der Waals surface area contributed by atoms with Crippen molar-refractivity contribution in [2.45, 2.75) is 187 Å². The summed E-state index contributed by atoms with van der Waals surface area (Å²) in [6.45, 7) is 13.1. The molecule has 2 saturated heterocycles. The molecule has 0 bridgehead atoms. The van der Waals surface area contributed by atoms with Gasteiger partial charge in [-0.25, -0.2) is 0 Å². The van der Waals surface area contributed by atoms with Crippen molar-refractivity contribution in [3.8, 4) is 0 Å². The number of allylic oxidation sites excluding steroid dienone is 2. The number of hydrogen-bond donors (Lipinski definition) is 0. The molecule has 7 heteroatoms. The minimum atomic E-state index is -0.107. The number of cyclic esters (lactones) is 2. The SMILES string of the molecule is C=CC=C=C1C(CCCCC)CCOC(=O)CCCCCCCC(C(=O)OCCCN2CCCC2)CCCCCCCC(=O)OCCC1CCCCC. The molecule has 0 amide bonds. The number of hydrogen-bond acceptors (Lipinski definition) is 7. The van der Waals surface area contributed by atoms with Crippen LogP contribution in [0.25, 0.3) is 0 Å². The third-order valence-corrected chi connectivity index (χ3v) is 11.3. The highest BCUT2D eigenvalue weighted by Gasteiger charge is 2.24. The second-order valence-electron chi connectivity index (χ2n) is 15.8. The Morgan fingerprint density at radius 3 is 1.74 bits per heavy atom. The first kappa shape index (κ1) is 46.8. The maximum absolute atomic E-state index is 13.1. The molecule has 0 aliphatic carbocycles. The van der Waals surface area contributed by atoms with Crippen LogP contribution in [0.1, 0.15) is 187 Å². The first-order chi connectivity index (χ1) is 26.0. The summed E-state index contributed by atoms with van der Waals surface area (Å²) in [6, 6.07) is 0. The summed E-state index contributed by atoms with van der Waals surface area (Å²) in [5.74, 6) is 0.258. The third kappa shape index (κ3) is 23.2. The van der Waals surface area contributed by atoms with Crippen LogP contribution >= 0.6 is 0 Å². The maximum atomic E-state index is 13.1. The smallest absolute Gasteiger partial charge is 0.308 e. The second-order valence-corrected chi connectivity index (χ2v) is 15.8. The number of carbonyl (C=O) groups excluding carboxylic acids is 3. The normalized spacial score (nSPS) is 23.4. The zero-order valence-electron chi connectivity index (χ0n) is 34.3. The Morgan fingerprint density at radius 1 is 0.717 bits per heavy atom. The largest absolute Gasteiger partial charge is 0.466 e. The van der Waals surface area contributed by atoms with E-state index in [9.17, 15) is 14.4 Å². The van der Waals surface area contributed by atoms with Gasteiger partial charge in [0.2, 0.25) is 0 Å². The summed E-state index contributed by atoms with van der Waals surface area (Å²) in [4.78, 5) is 41.1. The number of rotatable bonds is 14. The molecule has 0 spiro atoms. The van der Waals surface area contributed by atoms with Crippen LogP contribution in [0.3, 0.4) is 0 Å². The Morgan fingerprint density at radius 2 is 1.23 bits per heavy atom. The van der Waals surface area contributed by atoms with Gasteiger partial charge in [0.25, 0.3) is 0 Å². The van der Waals surface area contributed by atoms with Crippen LogP contribution in [-0.2, 0) is 28.6 Å². The van der Waals surface area contributed by atoms with Crippen molar-refractivity contribution in [3.05, 3.63) is 30.0 Å². The molecule has 2 heterocycles. The van der Waals surface area contributed by atoms with E-state index in [2.05, 4.69) is 31.1 Å². The summed E-state index contributed by atoms with van der Waals surface area (Å²) in [6.07, 6.45) is 30.4. The van der Waals surface area contributed by atoms with Gasteiger partial charge in [-0.3, -0.25) is 14.4 Å². The number of esters is 3. The van der Waals surface area contributed by atoms with Crippen LogP contribution in [0.4, 0.5) is 0 Å². The Bertz CT molecular complexity index is 991. The van der Waals surface area contributed by atoms with Crippen molar-refractivity contribution in [3.63, 3.8) is 0 Å². The molecule has 0 saturated carbocycles. The van der Waals surface area contributed by atoms with E-state index in [1.165, 1.54) is 44.3 Å². The number of carbonyl (C=O) groups is 3. The molecule has 7 nitrogen and oxygen atoms in total. The predicted octanol–water partition coefficient (Wildman–Crippen LogP) is 11.6. The van der Waals surface area contributed by atoms with Gasteiger partial charge in [0, 0.05) is 19.4 Å². The molecule has 2 rings (SSSR count). The van der Waals surface area contributed by atoms with E-state index in [1.807, 2.05) is 6.08 Å². The van der Waals surface area contributed by atoms with Gasteiger partial charge in [0.15, 0.2) is 0 Å². The lowest BCUT2D eigenvalue weighted by atomic mass is 9.79. The van der Waals surface area contributed by atoms with Gasteiger partial charge in [-0.2, -0.15) is 0 Å².